The summed E-state index contributed by atoms with van der Waals surface area (Å²) in [4.78, 5) is 44.0. The van der Waals surface area contributed by atoms with Crippen molar-refractivity contribution in [1.29, 1.82) is 0 Å². The second-order valence-corrected chi connectivity index (χ2v) is 6.83. The maximum atomic E-state index is 12.3. The van der Waals surface area contributed by atoms with Gasteiger partial charge < -0.3 is 15.0 Å². The van der Waals surface area contributed by atoms with E-state index in [-0.39, 0.29) is 10.4 Å². The van der Waals surface area contributed by atoms with Gasteiger partial charge in [-0.05, 0) is 38.0 Å². The van der Waals surface area contributed by atoms with Crippen LogP contribution in [0.15, 0.2) is 29.1 Å². The molecular formula is C18H17N3O4S. The first-order valence-corrected chi connectivity index (χ1v) is 8.71. The standard InChI is InChI=1S/C18H17N3O4S/c1-9-6-4-5-7-12(9)21-13(22)8-25-18(24)15-10(2)14-16(23)19-11(3)20-17(14)26-15/h4-7H,8H2,1-3H3,(H,21,22)(H,19,20,23). The Kier molecular flexibility index (Phi) is 4.85. The molecule has 0 aliphatic rings. The molecule has 8 heteroatoms. The van der Waals surface area contributed by atoms with Crippen LogP contribution in [0.3, 0.4) is 0 Å². The number of hydrogen-bond acceptors (Lipinski definition) is 6. The second kappa shape index (κ2) is 7.09. The summed E-state index contributed by atoms with van der Waals surface area (Å²) < 4.78 is 5.10. The number of nitrogens with zero attached hydrogens (tertiary/aromatic N) is 1. The van der Waals surface area contributed by atoms with E-state index in [1.807, 2.05) is 25.1 Å². The zero-order valence-electron chi connectivity index (χ0n) is 14.5. The predicted molar refractivity (Wildman–Crippen MR) is 99.8 cm³/mol. The van der Waals surface area contributed by atoms with Crippen LogP contribution in [0.25, 0.3) is 10.2 Å². The van der Waals surface area contributed by atoms with Crippen molar-refractivity contribution in [3.05, 3.63) is 56.4 Å². The van der Waals surface area contributed by atoms with Crippen LogP contribution < -0.4 is 10.9 Å². The summed E-state index contributed by atoms with van der Waals surface area (Å²) in [6, 6.07) is 7.31. The number of ether oxygens (including phenoxy) is 1. The quantitative estimate of drug-likeness (QED) is 0.687. The molecule has 0 radical (unpaired) electrons. The van der Waals surface area contributed by atoms with Crippen LogP contribution in [-0.2, 0) is 9.53 Å². The van der Waals surface area contributed by atoms with E-state index < -0.39 is 18.5 Å². The van der Waals surface area contributed by atoms with Gasteiger partial charge in [0.05, 0.1) is 5.39 Å². The van der Waals surface area contributed by atoms with Crippen LogP contribution in [0.5, 0.6) is 0 Å². The fourth-order valence-corrected chi connectivity index (χ4v) is 3.66. The number of aromatic amines is 1. The molecule has 2 N–H and O–H groups in total. The van der Waals surface area contributed by atoms with E-state index >= 15 is 0 Å². The largest absolute Gasteiger partial charge is 0.451 e. The summed E-state index contributed by atoms with van der Waals surface area (Å²) in [7, 11) is 0. The van der Waals surface area contributed by atoms with Crippen molar-refractivity contribution in [2.75, 3.05) is 11.9 Å². The number of carbonyl (C=O) groups excluding carboxylic acids is 2. The molecule has 0 saturated heterocycles. The summed E-state index contributed by atoms with van der Waals surface area (Å²) >= 11 is 1.08. The van der Waals surface area contributed by atoms with Gasteiger partial charge in [-0.3, -0.25) is 9.59 Å². The summed E-state index contributed by atoms with van der Waals surface area (Å²) in [6.07, 6.45) is 0. The Labute approximate surface area is 153 Å². The van der Waals surface area contributed by atoms with Gasteiger partial charge in [-0.2, -0.15) is 0 Å². The minimum absolute atomic E-state index is 0.271. The molecule has 0 aliphatic heterocycles. The van der Waals surface area contributed by atoms with Crippen molar-refractivity contribution in [1.82, 2.24) is 9.97 Å². The number of hydrogen-bond donors (Lipinski definition) is 2. The van der Waals surface area contributed by atoms with Gasteiger partial charge in [0, 0.05) is 5.69 Å². The van der Waals surface area contributed by atoms with Crippen LogP contribution in [0.2, 0.25) is 0 Å². The molecule has 0 unspecified atom stereocenters. The maximum absolute atomic E-state index is 12.3. The Morgan fingerprint density at radius 1 is 1.23 bits per heavy atom. The molecule has 0 atom stereocenters. The van der Waals surface area contributed by atoms with Gasteiger partial charge in [0.1, 0.15) is 15.5 Å². The monoisotopic (exact) mass is 371 g/mol. The Morgan fingerprint density at radius 2 is 1.96 bits per heavy atom. The lowest BCUT2D eigenvalue weighted by molar-refractivity contribution is -0.119. The lowest BCUT2D eigenvalue weighted by Gasteiger charge is -2.08. The molecule has 3 aromatic rings. The predicted octanol–water partition coefficient (Wildman–Crippen LogP) is 2.71. The first-order valence-electron chi connectivity index (χ1n) is 7.89. The fourth-order valence-electron chi connectivity index (χ4n) is 2.54. The van der Waals surface area contributed by atoms with Crippen LogP contribution in [0.4, 0.5) is 5.69 Å². The van der Waals surface area contributed by atoms with Crippen LogP contribution in [-0.4, -0.2) is 28.5 Å². The molecule has 2 aromatic heterocycles. The third kappa shape index (κ3) is 3.50. The molecular weight excluding hydrogens is 354 g/mol. The molecule has 134 valence electrons. The van der Waals surface area contributed by atoms with Gasteiger partial charge >= 0.3 is 5.97 Å². The zero-order valence-corrected chi connectivity index (χ0v) is 15.3. The average Bonchev–Trinajstić information content (AvgIpc) is 2.91. The Bertz CT molecular complexity index is 1070. The number of H-pyrrole nitrogens is 1. The lowest BCUT2D eigenvalue weighted by atomic mass is 10.2. The highest BCUT2D eigenvalue weighted by Crippen LogP contribution is 2.27. The molecule has 2 heterocycles. The minimum Gasteiger partial charge on any atom is -0.451 e. The van der Waals surface area contributed by atoms with E-state index in [9.17, 15) is 14.4 Å². The molecule has 0 saturated carbocycles. The molecule has 7 nitrogen and oxygen atoms in total. The molecule has 26 heavy (non-hydrogen) atoms. The number of carbonyl (C=O) groups is 2. The zero-order chi connectivity index (χ0) is 18.8. The summed E-state index contributed by atoms with van der Waals surface area (Å²) in [5.41, 5.74) is 1.78. The Hall–Kier alpha value is -3.00. The van der Waals surface area contributed by atoms with E-state index in [2.05, 4.69) is 15.3 Å². The smallest absolute Gasteiger partial charge is 0.349 e. The molecule has 0 bridgehead atoms. The SMILES string of the molecule is Cc1nc2sc(C(=O)OCC(=O)Nc3ccccc3C)c(C)c2c(=O)[nH]1. The van der Waals surface area contributed by atoms with Crippen molar-refractivity contribution in [3.63, 3.8) is 0 Å². The number of thiophene rings is 1. The van der Waals surface area contributed by atoms with Gasteiger partial charge in [-0.1, -0.05) is 18.2 Å². The molecule has 0 fully saturated rings. The van der Waals surface area contributed by atoms with Crippen molar-refractivity contribution >= 4 is 39.1 Å². The molecule has 3 rings (SSSR count). The van der Waals surface area contributed by atoms with E-state index in [0.717, 1.165) is 16.9 Å². The normalized spacial score (nSPS) is 10.7. The number of anilines is 1. The van der Waals surface area contributed by atoms with Gasteiger partial charge in [0.25, 0.3) is 11.5 Å². The third-order valence-corrected chi connectivity index (χ3v) is 5.02. The lowest BCUT2D eigenvalue weighted by Crippen LogP contribution is -2.21. The van der Waals surface area contributed by atoms with E-state index in [1.165, 1.54) is 0 Å². The van der Waals surface area contributed by atoms with Gasteiger partial charge in [-0.25, -0.2) is 9.78 Å². The minimum atomic E-state index is -0.650. The topological polar surface area (TPSA) is 101 Å². The Balaban J connectivity index is 1.73. The fraction of sp³-hybridized carbons (Fsp3) is 0.222. The number of amides is 1. The van der Waals surface area contributed by atoms with Gasteiger partial charge in [-0.15, -0.1) is 11.3 Å². The summed E-state index contributed by atoms with van der Waals surface area (Å²) in [6.45, 7) is 4.79. The van der Waals surface area contributed by atoms with Gasteiger partial charge in [0.15, 0.2) is 6.61 Å². The average molecular weight is 371 g/mol. The Morgan fingerprint density at radius 3 is 2.69 bits per heavy atom. The van der Waals surface area contributed by atoms with E-state index in [0.29, 0.717) is 27.3 Å². The summed E-state index contributed by atoms with van der Waals surface area (Å²) in [5.74, 6) is -0.609. The van der Waals surface area contributed by atoms with Crippen LogP contribution >= 0.6 is 11.3 Å². The number of rotatable bonds is 4. The number of esters is 1. The first kappa shape index (κ1) is 17.8. The molecule has 1 amide bonds. The molecule has 0 spiro atoms. The van der Waals surface area contributed by atoms with Crippen LogP contribution in [0, 0.1) is 20.8 Å². The van der Waals surface area contributed by atoms with Crippen molar-refractivity contribution in [2.45, 2.75) is 20.8 Å². The summed E-state index contributed by atoms with van der Waals surface area (Å²) in [5, 5.41) is 3.07. The highest BCUT2D eigenvalue weighted by molar-refractivity contribution is 7.20. The number of aromatic nitrogens is 2. The number of aryl methyl sites for hydroxylation is 3. The van der Waals surface area contributed by atoms with Crippen molar-refractivity contribution in [3.8, 4) is 0 Å². The highest BCUT2D eigenvalue weighted by Gasteiger charge is 2.21. The number of fused-ring (bicyclic) bond motifs is 1. The third-order valence-electron chi connectivity index (χ3n) is 3.86. The van der Waals surface area contributed by atoms with E-state index in [1.54, 1.807) is 19.9 Å². The second-order valence-electron chi connectivity index (χ2n) is 5.83. The molecule has 1 aromatic carbocycles. The first-order chi connectivity index (χ1) is 12.4. The molecule has 0 aliphatic carbocycles. The van der Waals surface area contributed by atoms with E-state index in [4.69, 9.17) is 4.74 Å². The van der Waals surface area contributed by atoms with Gasteiger partial charge in [0.2, 0.25) is 0 Å². The van der Waals surface area contributed by atoms with Crippen molar-refractivity contribution < 1.29 is 14.3 Å². The highest BCUT2D eigenvalue weighted by atomic mass is 32.1. The number of para-hydroxylation sites is 1. The number of nitrogens with one attached hydrogen (secondary N) is 2. The van der Waals surface area contributed by atoms with Crippen LogP contribution in [0.1, 0.15) is 26.6 Å². The van der Waals surface area contributed by atoms with Crippen molar-refractivity contribution in [2.24, 2.45) is 0 Å². The maximum Gasteiger partial charge on any atom is 0.349 e. The number of benzene rings is 1.